The molecule has 2 atom stereocenters. The van der Waals surface area contributed by atoms with E-state index < -0.39 is 0 Å². The number of benzene rings is 2. The van der Waals surface area contributed by atoms with Crippen LogP contribution in [0.15, 0.2) is 54.6 Å². The van der Waals surface area contributed by atoms with Crippen molar-refractivity contribution < 1.29 is 4.79 Å². The highest BCUT2D eigenvalue weighted by Crippen LogP contribution is 2.34. The summed E-state index contributed by atoms with van der Waals surface area (Å²) in [6.45, 7) is 0. The van der Waals surface area contributed by atoms with Crippen LogP contribution in [0.25, 0.3) is 0 Å². The van der Waals surface area contributed by atoms with E-state index >= 15 is 0 Å². The Bertz CT molecular complexity index is 611. The lowest BCUT2D eigenvalue weighted by atomic mass is 9.88. The van der Waals surface area contributed by atoms with Crippen molar-refractivity contribution in [3.05, 3.63) is 70.7 Å². The zero-order chi connectivity index (χ0) is 13.9. The summed E-state index contributed by atoms with van der Waals surface area (Å²) in [4.78, 5) is 11.8. The van der Waals surface area contributed by atoms with Gasteiger partial charge in [0.1, 0.15) is 0 Å². The summed E-state index contributed by atoms with van der Waals surface area (Å²) in [6.07, 6.45) is 1.35. The Morgan fingerprint density at radius 2 is 1.75 bits per heavy atom. The van der Waals surface area contributed by atoms with Gasteiger partial charge in [0.25, 0.3) is 0 Å². The van der Waals surface area contributed by atoms with E-state index in [9.17, 15) is 4.79 Å². The van der Waals surface area contributed by atoms with Crippen molar-refractivity contribution in [2.75, 3.05) is 0 Å². The standard InChI is InChI=1S/C17H16ClNO/c18-15-9-5-4-8-13(15)14-11-17(20)19-16(14)10-12-6-2-1-3-7-12/h1-9,14,16H,10-11H2,(H,19,20). The third-order valence-corrected chi connectivity index (χ3v) is 4.18. The van der Waals surface area contributed by atoms with Crippen molar-refractivity contribution in [3.63, 3.8) is 0 Å². The Labute approximate surface area is 123 Å². The van der Waals surface area contributed by atoms with Gasteiger partial charge in [-0.25, -0.2) is 0 Å². The minimum atomic E-state index is 0.107. The lowest BCUT2D eigenvalue weighted by Crippen LogP contribution is -2.30. The second-order valence-corrected chi connectivity index (χ2v) is 5.60. The molecule has 0 radical (unpaired) electrons. The van der Waals surface area contributed by atoms with Crippen LogP contribution in [0.2, 0.25) is 5.02 Å². The van der Waals surface area contributed by atoms with E-state index in [0.29, 0.717) is 6.42 Å². The molecule has 2 aromatic rings. The summed E-state index contributed by atoms with van der Waals surface area (Å²) in [5.41, 5.74) is 2.30. The van der Waals surface area contributed by atoms with Crippen LogP contribution < -0.4 is 5.32 Å². The summed E-state index contributed by atoms with van der Waals surface area (Å²) in [6, 6.07) is 18.2. The fourth-order valence-corrected chi connectivity index (χ4v) is 3.15. The first-order chi connectivity index (χ1) is 9.74. The van der Waals surface area contributed by atoms with E-state index in [1.54, 1.807) is 0 Å². The highest BCUT2D eigenvalue weighted by Gasteiger charge is 2.34. The molecule has 0 saturated carbocycles. The van der Waals surface area contributed by atoms with Gasteiger partial charge in [-0.05, 0) is 23.6 Å². The SMILES string of the molecule is O=C1CC(c2ccccc2Cl)C(Cc2ccccc2)N1. The molecule has 2 nitrogen and oxygen atoms in total. The zero-order valence-electron chi connectivity index (χ0n) is 11.1. The van der Waals surface area contributed by atoms with Crippen molar-refractivity contribution in [3.8, 4) is 0 Å². The average Bonchev–Trinajstić information content (AvgIpc) is 2.81. The molecule has 0 bridgehead atoms. The monoisotopic (exact) mass is 285 g/mol. The maximum Gasteiger partial charge on any atom is 0.220 e. The molecule has 3 rings (SSSR count). The highest BCUT2D eigenvalue weighted by molar-refractivity contribution is 6.31. The Hall–Kier alpha value is -1.80. The van der Waals surface area contributed by atoms with Crippen LogP contribution >= 0.6 is 11.6 Å². The van der Waals surface area contributed by atoms with Crippen molar-refractivity contribution in [1.29, 1.82) is 0 Å². The Morgan fingerprint density at radius 1 is 1.05 bits per heavy atom. The summed E-state index contributed by atoms with van der Waals surface area (Å²) in [5, 5.41) is 3.82. The summed E-state index contributed by atoms with van der Waals surface area (Å²) in [7, 11) is 0. The zero-order valence-corrected chi connectivity index (χ0v) is 11.8. The van der Waals surface area contributed by atoms with Gasteiger partial charge in [-0.3, -0.25) is 4.79 Å². The minimum Gasteiger partial charge on any atom is -0.352 e. The largest absolute Gasteiger partial charge is 0.352 e. The molecule has 2 unspecified atom stereocenters. The van der Waals surface area contributed by atoms with Crippen LogP contribution in [0.4, 0.5) is 0 Å². The van der Waals surface area contributed by atoms with Gasteiger partial charge in [0.2, 0.25) is 5.91 Å². The van der Waals surface area contributed by atoms with Gasteiger partial charge in [0.05, 0.1) is 0 Å². The molecule has 0 aliphatic carbocycles. The lowest BCUT2D eigenvalue weighted by Gasteiger charge is -2.20. The van der Waals surface area contributed by atoms with Crippen molar-refractivity contribution in [2.24, 2.45) is 0 Å². The molecule has 20 heavy (non-hydrogen) atoms. The van der Waals surface area contributed by atoms with E-state index in [-0.39, 0.29) is 17.9 Å². The number of halogens is 1. The van der Waals surface area contributed by atoms with Crippen LogP contribution in [0, 0.1) is 0 Å². The van der Waals surface area contributed by atoms with E-state index in [1.165, 1.54) is 5.56 Å². The van der Waals surface area contributed by atoms with E-state index in [4.69, 9.17) is 11.6 Å². The van der Waals surface area contributed by atoms with Gasteiger partial charge >= 0.3 is 0 Å². The third kappa shape index (κ3) is 2.70. The molecular formula is C17H16ClNO. The van der Waals surface area contributed by atoms with E-state index in [2.05, 4.69) is 17.4 Å². The molecule has 3 heteroatoms. The molecule has 1 fully saturated rings. The molecule has 1 saturated heterocycles. The second kappa shape index (κ2) is 5.68. The average molecular weight is 286 g/mol. The van der Waals surface area contributed by atoms with Gasteiger partial charge in [-0.2, -0.15) is 0 Å². The molecule has 1 heterocycles. The first-order valence-electron chi connectivity index (χ1n) is 6.82. The molecule has 1 amide bonds. The van der Waals surface area contributed by atoms with Gasteiger partial charge in [-0.1, -0.05) is 60.1 Å². The Kier molecular flexibility index (Phi) is 3.75. The molecule has 0 aromatic heterocycles. The van der Waals surface area contributed by atoms with Crippen molar-refractivity contribution in [2.45, 2.75) is 24.8 Å². The molecule has 1 N–H and O–H groups in total. The smallest absolute Gasteiger partial charge is 0.220 e. The molecule has 1 aliphatic rings. The van der Waals surface area contributed by atoms with Crippen molar-refractivity contribution >= 4 is 17.5 Å². The van der Waals surface area contributed by atoms with Crippen LogP contribution in [-0.4, -0.2) is 11.9 Å². The van der Waals surface area contributed by atoms with Crippen LogP contribution in [0.1, 0.15) is 23.5 Å². The number of hydrogen-bond donors (Lipinski definition) is 1. The number of hydrogen-bond acceptors (Lipinski definition) is 1. The van der Waals surface area contributed by atoms with E-state index in [1.807, 2.05) is 42.5 Å². The molecular weight excluding hydrogens is 270 g/mol. The van der Waals surface area contributed by atoms with Crippen molar-refractivity contribution in [1.82, 2.24) is 5.32 Å². The number of rotatable bonds is 3. The maximum absolute atomic E-state index is 11.8. The molecule has 0 spiro atoms. The maximum atomic E-state index is 11.8. The second-order valence-electron chi connectivity index (χ2n) is 5.20. The first-order valence-corrected chi connectivity index (χ1v) is 7.19. The van der Waals surface area contributed by atoms with Crippen LogP contribution in [0.3, 0.4) is 0 Å². The van der Waals surface area contributed by atoms with Gasteiger partial charge in [-0.15, -0.1) is 0 Å². The van der Waals surface area contributed by atoms with E-state index in [0.717, 1.165) is 17.0 Å². The quantitative estimate of drug-likeness (QED) is 0.918. The predicted molar refractivity (Wildman–Crippen MR) is 80.9 cm³/mol. The number of nitrogens with one attached hydrogen (secondary N) is 1. The minimum absolute atomic E-state index is 0.107. The lowest BCUT2D eigenvalue weighted by molar-refractivity contribution is -0.119. The highest BCUT2D eigenvalue weighted by atomic mass is 35.5. The molecule has 1 aliphatic heterocycles. The fraction of sp³-hybridized carbons (Fsp3) is 0.235. The fourth-order valence-electron chi connectivity index (χ4n) is 2.87. The van der Waals surface area contributed by atoms with Crippen LogP contribution in [-0.2, 0) is 11.2 Å². The Balaban J connectivity index is 1.86. The summed E-state index contributed by atoms with van der Waals surface area (Å²) < 4.78 is 0. The predicted octanol–water partition coefficient (Wildman–Crippen LogP) is 3.55. The number of carbonyl (C=O) groups is 1. The topological polar surface area (TPSA) is 29.1 Å². The number of amides is 1. The number of carbonyl (C=O) groups excluding carboxylic acids is 1. The third-order valence-electron chi connectivity index (χ3n) is 3.84. The molecule has 2 aromatic carbocycles. The molecule has 102 valence electrons. The first kappa shape index (κ1) is 13.2. The van der Waals surface area contributed by atoms with Gasteiger partial charge in [0.15, 0.2) is 0 Å². The van der Waals surface area contributed by atoms with Crippen LogP contribution in [0.5, 0.6) is 0 Å². The van der Waals surface area contributed by atoms with Gasteiger partial charge in [0, 0.05) is 23.4 Å². The Morgan fingerprint density at radius 3 is 2.50 bits per heavy atom. The summed E-state index contributed by atoms with van der Waals surface area (Å²) in [5.74, 6) is 0.257. The van der Waals surface area contributed by atoms with Gasteiger partial charge < -0.3 is 5.32 Å². The summed E-state index contributed by atoms with van der Waals surface area (Å²) >= 11 is 6.28. The normalized spacial score (nSPS) is 21.8.